The lowest BCUT2D eigenvalue weighted by Crippen LogP contribution is -2.50. The summed E-state index contributed by atoms with van der Waals surface area (Å²) in [7, 11) is 0. The van der Waals surface area contributed by atoms with Gasteiger partial charge in [-0.1, -0.05) is 289 Å². The van der Waals surface area contributed by atoms with Gasteiger partial charge in [-0.15, -0.1) is 0 Å². The summed E-state index contributed by atoms with van der Waals surface area (Å²) in [5.41, 5.74) is 0. The summed E-state index contributed by atoms with van der Waals surface area (Å²) in [4.78, 5) is 12.4. The van der Waals surface area contributed by atoms with E-state index in [1.54, 1.807) is 0 Å². The zero-order chi connectivity index (χ0) is 45.1. The maximum absolute atomic E-state index is 12.4. The lowest BCUT2D eigenvalue weighted by Gasteiger charge is -2.26. The van der Waals surface area contributed by atoms with Crippen LogP contribution in [-0.4, -0.2) is 46.1 Å². The molecule has 370 valence electrons. The standard InChI is InChI=1S/C57H113NO4/c1-3-5-7-9-11-13-14-15-16-17-18-19-20-21-22-23-24-25-26-27-28-29-30-31-32-33-34-35-36-37-38-39-40-41-42-44-46-48-50-52-56(61)58-54(53-59)57(62)55(60)51-49-47-45-43-12-10-8-6-4-2/h27-28,54-55,57,59-60,62H,3-26,29-53H2,1-2H3,(H,58,61)/b28-27-. The van der Waals surface area contributed by atoms with Crippen molar-refractivity contribution in [1.29, 1.82) is 0 Å². The number of amides is 1. The number of rotatable bonds is 53. The van der Waals surface area contributed by atoms with Crippen molar-refractivity contribution in [1.82, 2.24) is 5.32 Å². The zero-order valence-electron chi connectivity index (χ0n) is 42.3. The van der Waals surface area contributed by atoms with Crippen molar-refractivity contribution in [2.75, 3.05) is 6.61 Å². The van der Waals surface area contributed by atoms with Crippen LogP contribution >= 0.6 is 0 Å². The van der Waals surface area contributed by atoms with Crippen LogP contribution in [0.25, 0.3) is 0 Å². The Morgan fingerprint density at radius 1 is 0.387 bits per heavy atom. The van der Waals surface area contributed by atoms with Crippen LogP contribution in [0.5, 0.6) is 0 Å². The molecule has 0 saturated heterocycles. The molecule has 0 heterocycles. The molecule has 0 saturated carbocycles. The minimum atomic E-state index is -1.13. The van der Waals surface area contributed by atoms with Gasteiger partial charge in [0.1, 0.15) is 6.10 Å². The van der Waals surface area contributed by atoms with Crippen molar-refractivity contribution in [3.05, 3.63) is 12.2 Å². The molecule has 3 unspecified atom stereocenters. The molecule has 0 bridgehead atoms. The summed E-state index contributed by atoms with van der Waals surface area (Å²) in [6, 6.07) is -0.804. The van der Waals surface area contributed by atoms with Crippen LogP contribution in [-0.2, 0) is 4.79 Å². The maximum Gasteiger partial charge on any atom is 0.220 e. The third kappa shape index (κ3) is 47.1. The number of carbonyl (C=O) groups excluding carboxylic acids is 1. The van der Waals surface area contributed by atoms with Crippen molar-refractivity contribution in [3.63, 3.8) is 0 Å². The zero-order valence-corrected chi connectivity index (χ0v) is 42.3. The van der Waals surface area contributed by atoms with Crippen molar-refractivity contribution in [2.24, 2.45) is 0 Å². The summed E-state index contributed by atoms with van der Waals surface area (Å²) in [6.45, 7) is 4.18. The second-order valence-electron chi connectivity index (χ2n) is 19.9. The Balaban J connectivity index is 3.37. The summed E-state index contributed by atoms with van der Waals surface area (Å²) in [6.07, 6.45) is 65.5. The minimum absolute atomic E-state index is 0.141. The van der Waals surface area contributed by atoms with Gasteiger partial charge in [-0.25, -0.2) is 0 Å². The van der Waals surface area contributed by atoms with Gasteiger partial charge in [0.25, 0.3) is 0 Å². The fourth-order valence-corrected chi connectivity index (χ4v) is 9.22. The largest absolute Gasteiger partial charge is 0.394 e. The molecule has 0 rings (SSSR count). The van der Waals surface area contributed by atoms with Crippen LogP contribution in [0.1, 0.15) is 322 Å². The number of unbranched alkanes of at least 4 members (excludes halogenated alkanes) is 43. The monoisotopic (exact) mass is 876 g/mol. The van der Waals surface area contributed by atoms with E-state index < -0.39 is 18.2 Å². The van der Waals surface area contributed by atoms with Gasteiger partial charge in [0, 0.05) is 6.42 Å². The molecule has 1 amide bonds. The molecule has 0 aromatic heterocycles. The van der Waals surface area contributed by atoms with Gasteiger partial charge in [-0.2, -0.15) is 0 Å². The smallest absolute Gasteiger partial charge is 0.220 e. The van der Waals surface area contributed by atoms with Crippen molar-refractivity contribution >= 4 is 5.91 Å². The van der Waals surface area contributed by atoms with Crippen LogP contribution in [0.4, 0.5) is 0 Å². The quantitative estimate of drug-likeness (QED) is 0.0362. The number of nitrogens with one attached hydrogen (secondary N) is 1. The first-order valence-corrected chi connectivity index (χ1v) is 28.5. The van der Waals surface area contributed by atoms with Crippen molar-refractivity contribution in [2.45, 2.75) is 340 Å². The van der Waals surface area contributed by atoms with E-state index in [-0.39, 0.29) is 12.5 Å². The molecule has 0 fully saturated rings. The summed E-state index contributed by atoms with van der Waals surface area (Å²) in [5, 5.41) is 33.5. The van der Waals surface area contributed by atoms with Gasteiger partial charge < -0.3 is 20.6 Å². The molecule has 0 radical (unpaired) electrons. The summed E-state index contributed by atoms with van der Waals surface area (Å²) < 4.78 is 0. The molecule has 5 heteroatoms. The molecule has 0 aromatic rings. The SMILES string of the molecule is CCCCCCCCCCCCCCCCCCCC/C=C\CCCCCCCCCCCCCCCCCCCC(=O)NC(CO)C(O)C(O)CCCCCCCCCCC. The molecule has 0 aliphatic heterocycles. The maximum atomic E-state index is 12.4. The molecule has 0 aliphatic rings. The number of hydrogen-bond donors (Lipinski definition) is 4. The molecule has 4 N–H and O–H groups in total. The highest BCUT2D eigenvalue weighted by Crippen LogP contribution is 2.18. The molecular formula is C57H113NO4. The van der Waals surface area contributed by atoms with Crippen molar-refractivity contribution < 1.29 is 20.1 Å². The van der Waals surface area contributed by atoms with Crippen LogP contribution in [0.3, 0.4) is 0 Å². The van der Waals surface area contributed by atoms with Gasteiger partial charge in [0.2, 0.25) is 5.91 Å². The lowest BCUT2D eigenvalue weighted by atomic mass is 9.99. The number of aliphatic hydroxyl groups is 3. The van der Waals surface area contributed by atoms with E-state index in [9.17, 15) is 20.1 Å². The first-order chi connectivity index (χ1) is 30.6. The molecule has 0 aliphatic carbocycles. The normalized spacial score (nSPS) is 13.3. The van der Waals surface area contributed by atoms with Crippen LogP contribution in [0.15, 0.2) is 12.2 Å². The minimum Gasteiger partial charge on any atom is -0.394 e. The molecule has 0 spiro atoms. The molecule has 0 aromatic carbocycles. The van der Waals surface area contributed by atoms with Gasteiger partial charge in [-0.3, -0.25) is 4.79 Å². The number of carbonyl (C=O) groups is 1. The fourth-order valence-electron chi connectivity index (χ4n) is 9.22. The average Bonchev–Trinajstić information content (AvgIpc) is 3.28. The Morgan fingerprint density at radius 2 is 0.645 bits per heavy atom. The topological polar surface area (TPSA) is 89.8 Å². The van der Waals surface area contributed by atoms with Crippen LogP contribution in [0.2, 0.25) is 0 Å². The fraction of sp³-hybridized carbons (Fsp3) is 0.947. The second kappa shape index (κ2) is 52.7. The molecular weight excluding hydrogens is 763 g/mol. The molecule has 62 heavy (non-hydrogen) atoms. The van der Waals surface area contributed by atoms with Gasteiger partial charge in [0.05, 0.1) is 18.8 Å². The lowest BCUT2D eigenvalue weighted by molar-refractivity contribution is -0.124. The van der Waals surface area contributed by atoms with E-state index in [4.69, 9.17) is 0 Å². The predicted octanol–water partition coefficient (Wildman–Crippen LogP) is 17.5. The third-order valence-electron chi connectivity index (χ3n) is 13.6. The Kier molecular flexibility index (Phi) is 51.9. The highest BCUT2D eigenvalue weighted by molar-refractivity contribution is 5.76. The molecule has 5 nitrogen and oxygen atoms in total. The highest BCUT2D eigenvalue weighted by atomic mass is 16.3. The Labute approximate surface area is 389 Å². The van der Waals surface area contributed by atoms with E-state index in [0.717, 1.165) is 38.5 Å². The van der Waals surface area contributed by atoms with Gasteiger partial charge in [0.15, 0.2) is 0 Å². The van der Waals surface area contributed by atoms with E-state index in [1.807, 2.05) is 0 Å². The Hall–Kier alpha value is -0.910. The van der Waals surface area contributed by atoms with E-state index in [2.05, 4.69) is 31.3 Å². The number of aliphatic hydroxyl groups excluding tert-OH is 3. The second-order valence-corrected chi connectivity index (χ2v) is 19.9. The third-order valence-corrected chi connectivity index (χ3v) is 13.6. The predicted molar refractivity (Wildman–Crippen MR) is 273 cm³/mol. The molecule has 3 atom stereocenters. The van der Waals surface area contributed by atoms with E-state index in [0.29, 0.717) is 12.8 Å². The van der Waals surface area contributed by atoms with Gasteiger partial charge in [-0.05, 0) is 38.5 Å². The summed E-state index contributed by atoms with van der Waals surface area (Å²) in [5.74, 6) is -0.141. The van der Waals surface area contributed by atoms with Gasteiger partial charge >= 0.3 is 0 Å². The number of hydrogen-bond acceptors (Lipinski definition) is 4. The Bertz CT molecular complexity index is 879. The highest BCUT2D eigenvalue weighted by Gasteiger charge is 2.26. The average molecular weight is 877 g/mol. The van der Waals surface area contributed by atoms with Crippen molar-refractivity contribution in [3.8, 4) is 0 Å². The first-order valence-electron chi connectivity index (χ1n) is 28.5. The van der Waals surface area contributed by atoms with Crippen LogP contribution in [0, 0.1) is 0 Å². The first kappa shape index (κ1) is 61.1. The van der Waals surface area contributed by atoms with E-state index >= 15 is 0 Å². The summed E-state index contributed by atoms with van der Waals surface area (Å²) >= 11 is 0. The van der Waals surface area contributed by atoms with Crippen LogP contribution < -0.4 is 5.32 Å². The van der Waals surface area contributed by atoms with E-state index in [1.165, 1.54) is 257 Å². The Morgan fingerprint density at radius 3 is 0.935 bits per heavy atom. The number of allylic oxidation sites excluding steroid dienone is 2.